The van der Waals surface area contributed by atoms with E-state index in [1.165, 1.54) is 37.6 Å². The topological polar surface area (TPSA) is 60.2 Å². The molecular formula is C13H14F2N4O2. The van der Waals surface area contributed by atoms with Crippen molar-refractivity contribution in [3.8, 4) is 5.88 Å². The molecule has 2 rings (SSSR count). The molecule has 0 aliphatic heterocycles. The molecule has 6 nitrogen and oxygen atoms in total. The third kappa shape index (κ3) is 3.15. The van der Waals surface area contributed by atoms with Crippen molar-refractivity contribution in [1.29, 1.82) is 0 Å². The van der Waals surface area contributed by atoms with Crippen LogP contribution in [0.1, 0.15) is 22.7 Å². The van der Waals surface area contributed by atoms with Crippen LogP contribution in [0.25, 0.3) is 0 Å². The summed E-state index contributed by atoms with van der Waals surface area (Å²) in [6.07, 6.45) is 3.94. The maximum Gasteiger partial charge on any atom is 0.319 e. The van der Waals surface area contributed by atoms with Crippen LogP contribution in [0.4, 0.5) is 8.78 Å². The molecule has 0 aliphatic rings. The van der Waals surface area contributed by atoms with E-state index in [1.54, 1.807) is 12.1 Å². The largest absolute Gasteiger partial charge is 0.480 e. The number of alkyl halides is 2. The van der Waals surface area contributed by atoms with Gasteiger partial charge in [-0.25, -0.2) is 9.97 Å². The Hall–Kier alpha value is -2.51. The van der Waals surface area contributed by atoms with Gasteiger partial charge in [0.25, 0.3) is 5.91 Å². The lowest BCUT2D eigenvalue weighted by Crippen LogP contribution is -2.28. The van der Waals surface area contributed by atoms with E-state index in [1.807, 2.05) is 0 Å². The first kappa shape index (κ1) is 14.9. The van der Waals surface area contributed by atoms with Crippen molar-refractivity contribution in [1.82, 2.24) is 19.4 Å². The molecule has 8 heteroatoms. The summed E-state index contributed by atoms with van der Waals surface area (Å²) in [5.74, 6) is -0.0981. The van der Waals surface area contributed by atoms with Gasteiger partial charge >= 0.3 is 6.55 Å². The molecule has 2 aromatic rings. The van der Waals surface area contributed by atoms with E-state index >= 15 is 0 Å². The highest BCUT2D eigenvalue weighted by molar-refractivity contribution is 5.96. The van der Waals surface area contributed by atoms with Crippen molar-refractivity contribution in [2.45, 2.75) is 13.1 Å². The van der Waals surface area contributed by atoms with Crippen LogP contribution in [0.2, 0.25) is 0 Å². The maximum atomic E-state index is 12.7. The van der Waals surface area contributed by atoms with Crippen molar-refractivity contribution in [3.05, 3.63) is 42.1 Å². The van der Waals surface area contributed by atoms with Gasteiger partial charge in [-0.1, -0.05) is 0 Å². The summed E-state index contributed by atoms with van der Waals surface area (Å²) >= 11 is 0. The Labute approximate surface area is 120 Å². The van der Waals surface area contributed by atoms with Crippen molar-refractivity contribution >= 4 is 5.91 Å². The molecule has 0 aromatic carbocycles. The number of methoxy groups -OCH3 is 1. The smallest absolute Gasteiger partial charge is 0.319 e. The predicted molar refractivity (Wildman–Crippen MR) is 70.1 cm³/mol. The number of pyridine rings is 1. The van der Waals surface area contributed by atoms with Crippen LogP contribution in [0.15, 0.2) is 30.7 Å². The van der Waals surface area contributed by atoms with Crippen molar-refractivity contribution in [3.63, 3.8) is 0 Å². The number of nitrogens with zero attached hydrogens (tertiary/aromatic N) is 4. The number of hydrogen-bond acceptors (Lipinski definition) is 4. The second-order valence-electron chi connectivity index (χ2n) is 4.25. The molecule has 0 atom stereocenters. The summed E-state index contributed by atoms with van der Waals surface area (Å²) in [7, 11) is 2.90. The van der Waals surface area contributed by atoms with Gasteiger partial charge in [-0.2, -0.15) is 8.78 Å². The first-order valence-corrected chi connectivity index (χ1v) is 6.09. The predicted octanol–water partition coefficient (Wildman–Crippen LogP) is 1.95. The minimum absolute atomic E-state index is 0.0474. The average molecular weight is 296 g/mol. The molecule has 2 heterocycles. The third-order valence-electron chi connectivity index (χ3n) is 2.88. The minimum Gasteiger partial charge on any atom is -0.480 e. The molecule has 112 valence electrons. The summed E-state index contributed by atoms with van der Waals surface area (Å²) in [6.45, 7) is -2.74. The lowest BCUT2D eigenvalue weighted by atomic mass is 10.2. The SMILES string of the molecule is COc1ncccc1C(=O)N(C)Cc1nccn1C(F)F. The van der Waals surface area contributed by atoms with Crippen molar-refractivity contribution in [2.24, 2.45) is 0 Å². The zero-order valence-electron chi connectivity index (χ0n) is 11.5. The lowest BCUT2D eigenvalue weighted by molar-refractivity contribution is 0.0611. The number of rotatable bonds is 5. The van der Waals surface area contributed by atoms with E-state index in [2.05, 4.69) is 9.97 Å². The zero-order valence-corrected chi connectivity index (χ0v) is 11.5. The molecule has 2 aromatic heterocycles. The number of imidazole rings is 1. The Kier molecular flexibility index (Phi) is 4.46. The molecular weight excluding hydrogens is 282 g/mol. The van der Waals surface area contributed by atoms with Crippen molar-refractivity contribution in [2.75, 3.05) is 14.2 Å². The fraction of sp³-hybridized carbons (Fsp3) is 0.308. The van der Waals surface area contributed by atoms with E-state index in [9.17, 15) is 13.6 Å². The van der Waals surface area contributed by atoms with E-state index in [0.29, 0.717) is 4.57 Å². The number of carbonyl (C=O) groups excluding carboxylic acids is 1. The second kappa shape index (κ2) is 6.29. The van der Waals surface area contributed by atoms with Crippen LogP contribution in [0, 0.1) is 0 Å². The fourth-order valence-electron chi connectivity index (χ4n) is 1.85. The Bertz CT molecular complexity index is 630. The molecule has 0 aliphatic carbocycles. The number of amides is 1. The molecule has 0 saturated carbocycles. The number of hydrogen-bond donors (Lipinski definition) is 0. The molecule has 0 N–H and O–H groups in total. The summed E-state index contributed by atoms with van der Waals surface area (Å²) in [5, 5.41) is 0. The van der Waals surface area contributed by atoms with Gasteiger partial charge in [-0.3, -0.25) is 9.36 Å². The fourth-order valence-corrected chi connectivity index (χ4v) is 1.85. The summed E-state index contributed by atoms with van der Waals surface area (Å²) in [6, 6.07) is 3.16. The second-order valence-corrected chi connectivity index (χ2v) is 4.25. The molecule has 0 fully saturated rings. The Morgan fingerprint density at radius 3 is 2.86 bits per heavy atom. The van der Waals surface area contributed by atoms with Gasteiger partial charge in [0, 0.05) is 25.6 Å². The van der Waals surface area contributed by atoms with Gasteiger partial charge in [-0.15, -0.1) is 0 Å². The average Bonchev–Trinajstić information content (AvgIpc) is 2.94. The van der Waals surface area contributed by atoms with Crippen LogP contribution >= 0.6 is 0 Å². The summed E-state index contributed by atoms with van der Waals surface area (Å²) in [5.41, 5.74) is 0.262. The van der Waals surface area contributed by atoms with Crippen LogP contribution in [-0.2, 0) is 6.54 Å². The van der Waals surface area contributed by atoms with Crippen LogP contribution in [0.3, 0.4) is 0 Å². The van der Waals surface area contributed by atoms with Crippen LogP contribution in [-0.4, -0.2) is 39.5 Å². The third-order valence-corrected chi connectivity index (χ3v) is 2.88. The monoisotopic (exact) mass is 296 g/mol. The first-order chi connectivity index (χ1) is 10.0. The maximum absolute atomic E-state index is 12.7. The van der Waals surface area contributed by atoms with Crippen LogP contribution in [0.5, 0.6) is 5.88 Å². The van der Waals surface area contributed by atoms with E-state index < -0.39 is 6.55 Å². The van der Waals surface area contributed by atoms with Gasteiger partial charge in [-0.05, 0) is 12.1 Å². The summed E-state index contributed by atoms with van der Waals surface area (Å²) < 4.78 is 31.2. The number of aromatic nitrogens is 3. The van der Waals surface area contributed by atoms with E-state index in [0.717, 1.165) is 0 Å². The highest BCUT2D eigenvalue weighted by Gasteiger charge is 2.20. The molecule has 0 radical (unpaired) electrons. The lowest BCUT2D eigenvalue weighted by Gasteiger charge is -2.18. The number of halogens is 2. The molecule has 1 amide bonds. The Balaban J connectivity index is 2.18. The summed E-state index contributed by atoms with van der Waals surface area (Å²) in [4.78, 5) is 21.4. The van der Waals surface area contributed by atoms with Gasteiger partial charge in [0.05, 0.1) is 13.7 Å². The molecule has 0 bridgehead atoms. The van der Waals surface area contributed by atoms with Gasteiger partial charge in [0.2, 0.25) is 5.88 Å². The normalized spacial score (nSPS) is 10.7. The molecule has 0 saturated heterocycles. The number of carbonyl (C=O) groups is 1. The van der Waals surface area contributed by atoms with E-state index in [4.69, 9.17) is 4.74 Å². The zero-order chi connectivity index (χ0) is 15.4. The standard InChI is InChI=1S/C13H14F2N4O2/c1-18(8-10-16-6-7-19(10)13(14)15)12(20)9-4-3-5-17-11(9)21-2/h3-7,13H,8H2,1-2H3. The van der Waals surface area contributed by atoms with Crippen LogP contribution < -0.4 is 4.74 Å². The number of ether oxygens (including phenoxy) is 1. The molecule has 0 unspecified atom stereocenters. The quantitative estimate of drug-likeness (QED) is 0.846. The Morgan fingerprint density at radius 1 is 1.43 bits per heavy atom. The molecule has 21 heavy (non-hydrogen) atoms. The van der Waals surface area contributed by atoms with Gasteiger partial charge < -0.3 is 9.64 Å². The first-order valence-electron chi connectivity index (χ1n) is 6.09. The highest BCUT2D eigenvalue weighted by atomic mass is 19.3. The minimum atomic E-state index is -2.70. The van der Waals surface area contributed by atoms with Crippen molar-refractivity contribution < 1.29 is 18.3 Å². The van der Waals surface area contributed by atoms with Gasteiger partial charge in [0.15, 0.2) is 0 Å². The van der Waals surface area contributed by atoms with E-state index in [-0.39, 0.29) is 29.7 Å². The van der Waals surface area contributed by atoms with Gasteiger partial charge in [0.1, 0.15) is 11.4 Å². The highest BCUT2D eigenvalue weighted by Crippen LogP contribution is 2.18. The molecule has 0 spiro atoms. The Morgan fingerprint density at radius 2 is 2.19 bits per heavy atom.